The minimum atomic E-state index is -0.677. The normalized spacial score (nSPS) is 22.0. The van der Waals surface area contributed by atoms with Crippen molar-refractivity contribution in [2.75, 3.05) is 6.61 Å². The third-order valence-corrected chi connectivity index (χ3v) is 7.98. The Morgan fingerprint density at radius 1 is 0.919 bits per heavy atom. The van der Waals surface area contributed by atoms with Crippen LogP contribution >= 0.6 is 0 Å². The molecule has 1 N–H and O–H groups in total. The van der Waals surface area contributed by atoms with Crippen molar-refractivity contribution in [1.29, 1.82) is 0 Å². The number of rotatable bonds is 4. The number of hydrogen-bond acceptors (Lipinski definition) is 4. The summed E-state index contributed by atoms with van der Waals surface area (Å²) in [6.45, 7) is 4.04. The van der Waals surface area contributed by atoms with Gasteiger partial charge in [0.2, 0.25) is 0 Å². The van der Waals surface area contributed by atoms with E-state index in [1.807, 2.05) is 49.5 Å². The molecule has 0 radical (unpaired) electrons. The maximum atomic E-state index is 13.6. The summed E-state index contributed by atoms with van der Waals surface area (Å²) in [6, 6.07) is 31.0. The van der Waals surface area contributed by atoms with Gasteiger partial charge in [0.05, 0.1) is 12.2 Å². The van der Waals surface area contributed by atoms with Crippen molar-refractivity contribution in [3.05, 3.63) is 136 Å². The van der Waals surface area contributed by atoms with Gasteiger partial charge in [0.1, 0.15) is 5.76 Å². The van der Waals surface area contributed by atoms with Gasteiger partial charge < -0.3 is 9.84 Å². The van der Waals surface area contributed by atoms with Crippen LogP contribution in [0.5, 0.6) is 0 Å². The minimum absolute atomic E-state index is 0.0952. The van der Waals surface area contributed by atoms with Crippen molar-refractivity contribution in [1.82, 2.24) is 4.98 Å². The lowest BCUT2D eigenvalue weighted by Crippen LogP contribution is -2.45. The molecule has 184 valence electrons. The molecule has 37 heavy (non-hydrogen) atoms. The zero-order valence-corrected chi connectivity index (χ0v) is 21.0. The van der Waals surface area contributed by atoms with E-state index in [4.69, 9.17) is 9.72 Å². The molecule has 2 aliphatic carbocycles. The van der Waals surface area contributed by atoms with Crippen LogP contribution in [0.1, 0.15) is 53.1 Å². The van der Waals surface area contributed by atoms with Crippen LogP contribution in [0.4, 0.5) is 0 Å². The third-order valence-electron chi connectivity index (χ3n) is 7.98. The van der Waals surface area contributed by atoms with Gasteiger partial charge in [-0.25, -0.2) is 4.79 Å². The second-order valence-corrected chi connectivity index (χ2v) is 9.88. The van der Waals surface area contributed by atoms with E-state index in [0.717, 1.165) is 39.1 Å². The number of aryl methyl sites for hydroxylation is 1. The number of aromatic nitrogens is 1. The Labute approximate surface area is 217 Å². The monoisotopic (exact) mass is 487 g/mol. The van der Waals surface area contributed by atoms with Crippen LogP contribution in [-0.4, -0.2) is 22.7 Å². The largest absolute Gasteiger partial charge is 0.512 e. The van der Waals surface area contributed by atoms with Gasteiger partial charge in [-0.2, -0.15) is 0 Å². The Bertz CT molecular complexity index is 1510. The summed E-state index contributed by atoms with van der Waals surface area (Å²) in [5.74, 6) is -0.980. The zero-order valence-electron chi connectivity index (χ0n) is 21.0. The predicted octanol–water partition coefficient (Wildman–Crippen LogP) is 7.00. The zero-order chi connectivity index (χ0) is 25.6. The fourth-order valence-electron chi connectivity index (χ4n) is 6.67. The van der Waals surface area contributed by atoms with Crippen molar-refractivity contribution >= 4 is 5.97 Å². The molecule has 4 heteroatoms. The molecular formula is C33H29NO3. The smallest absolute Gasteiger partial charge is 0.338 e. The van der Waals surface area contributed by atoms with Gasteiger partial charge in [-0.1, -0.05) is 84.9 Å². The molecule has 1 heterocycles. The molecular weight excluding hydrogens is 458 g/mol. The Balaban J connectivity index is 1.78. The fourth-order valence-corrected chi connectivity index (χ4v) is 6.67. The molecule has 1 spiro atoms. The van der Waals surface area contributed by atoms with E-state index in [0.29, 0.717) is 12.0 Å². The molecule has 0 saturated carbocycles. The molecule has 3 aromatic carbocycles. The Morgan fingerprint density at radius 3 is 2.27 bits per heavy atom. The highest BCUT2D eigenvalue weighted by Crippen LogP contribution is 2.66. The van der Waals surface area contributed by atoms with E-state index < -0.39 is 17.3 Å². The molecule has 4 aromatic rings. The average molecular weight is 488 g/mol. The first kappa shape index (κ1) is 23.2. The van der Waals surface area contributed by atoms with Crippen molar-refractivity contribution in [3.63, 3.8) is 0 Å². The number of allylic oxidation sites excluding steroid dienone is 1. The van der Waals surface area contributed by atoms with E-state index in [-0.39, 0.29) is 18.3 Å². The highest BCUT2D eigenvalue weighted by atomic mass is 16.5. The quantitative estimate of drug-likeness (QED) is 0.315. The van der Waals surface area contributed by atoms with Crippen molar-refractivity contribution < 1.29 is 14.6 Å². The molecule has 6 rings (SSSR count). The van der Waals surface area contributed by atoms with Gasteiger partial charge in [-0.15, -0.1) is 0 Å². The molecule has 0 saturated heterocycles. The lowest BCUT2D eigenvalue weighted by molar-refractivity contribution is -0.139. The average Bonchev–Trinajstić information content (AvgIpc) is 3.20. The summed E-state index contributed by atoms with van der Waals surface area (Å²) in [6.07, 6.45) is 2.31. The first-order chi connectivity index (χ1) is 18.1. The number of fused-ring (bicyclic) bond motifs is 5. The van der Waals surface area contributed by atoms with Gasteiger partial charge in [-0.3, -0.25) is 4.98 Å². The lowest BCUT2D eigenvalue weighted by atomic mass is 9.52. The summed E-state index contributed by atoms with van der Waals surface area (Å²) < 4.78 is 5.57. The molecule has 0 amide bonds. The molecule has 0 bridgehead atoms. The predicted molar refractivity (Wildman–Crippen MR) is 144 cm³/mol. The number of carbonyl (C=O) groups is 1. The number of aliphatic hydroxyl groups excluding tert-OH is 1. The molecule has 1 aromatic heterocycles. The standard InChI is InChI=1S/C33H29NO3/c1-3-37-32(36)30-29(35)19-27(22-12-6-4-7-13-22)33(31(30)23-14-8-5-9-15-23)26-17-11-10-16-24(26)25-18-21(2)34-20-28(25)33/h4-18,20,27,31,35H,3,19H2,1-2H3. The summed E-state index contributed by atoms with van der Waals surface area (Å²) in [5, 5.41) is 11.6. The molecule has 3 unspecified atom stereocenters. The Morgan fingerprint density at radius 2 is 1.57 bits per heavy atom. The van der Waals surface area contributed by atoms with E-state index in [1.54, 1.807) is 6.92 Å². The molecule has 0 aliphatic heterocycles. The van der Waals surface area contributed by atoms with Gasteiger partial charge in [-0.05, 0) is 53.3 Å². The SMILES string of the molecule is CCOC(=O)C1=C(O)CC(c2ccccc2)C2(c3ccccc3-c3cc(C)ncc32)C1c1ccccc1. The summed E-state index contributed by atoms with van der Waals surface area (Å²) >= 11 is 0. The van der Waals surface area contributed by atoms with E-state index in [1.165, 1.54) is 0 Å². The molecule has 0 fully saturated rings. The summed E-state index contributed by atoms with van der Waals surface area (Å²) in [7, 11) is 0. The summed E-state index contributed by atoms with van der Waals surface area (Å²) in [4.78, 5) is 18.4. The second-order valence-electron chi connectivity index (χ2n) is 9.88. The fraction of sp³-hybridized carbons (Fsp3) is 0.212. The first-order valence-corrected chi connectivity index (χ1v) is 12.8. The van der Waals surface area contributed by atoms with Crippen LogP contribution in [0.15, 0.2) is 109 Å². The molecule has 3 atom stereocenters. The Hall–Kier alpha value is -4.18. The van der Waals surface area contributed by atoms with Crippen molar-refractivity contribution in [2.24, 2.45) is 0 Å². The lowest BCUT2D eigenvalue weighted by Gasteiger charge is -2.49. The van der Waals surface area contributed by atoms with Crippen LogP contribution in [0.2, 0.25) is 0 Å². The van der Waals surface area contributed by atoms with Crippen LogP contribution < -0.4 is 0 Å². The van der Waals surface area contributed by atoms with E-state index >= 15 is 0 Å². The van der Waals surface area contributed by atoms with Gasteiger partial charge in [0.15, 0.2) is 0 Å². The van der Waals surface area contributed by atoms with Gasteiger partial charge in [0, 0.05) is 35.6 Å². The number of ether oxygens (including phenoxy) is 1. The van der Waals surface area contributed by atoms with Gasteiger partial charge >= 0.3 is 5.97 Å². The maximum absolute atomic E-state index is 13.6. The van der Waals surface area contributed by atoms with Crippen LogP contribution in [-0.2, 0) is 14.9 Å². The number of aliphatic hydroxyl groups is 1. The van der Waals surface area contributed by atoms with Crippen molar-refractivity contribution in [3.8, 4) is 11.1 Å². The number of carbonyl (C=O) groups excluding carboxylic acids is 1. The number of hydrogen-bond donors (Lipinski definition) is 1. The third kappa shape index (κ3) is 3.43. The number of pyridine rings is 1. The van der Waals surface area contributed by atoms with E-state index in [9.17, 15) is 9.90 Å². The second kappa shape index (κ2) is 9.04. The highest BCUT2D eigenvalue weighted by molar-refractivity contribution is 5.94. The number of esters is 1. The van der Waals surface area contributed by atoms with Crippen LogP contribution in [0.25, 0.3) is 11.1 Å². The van der Waals surface area contributed by atoms with Gasteiger partial charge in [0.25, 0.3) is 0 Å². The number of nitrogens with zero attached hydrogens (tertiary/aromatic N) is 1. The first-order valence-electron chi connectivity index (χ1n) is 12.8. The topological polar surface area (TPSA) is 59.4 Å². The van der Waals surface area contributed by atoms with Crippen LogP contribution in [0.3, 0.4) is 0 Å². The minimum Gasteiger partial charge on any atom is -0.512 e. The Kier molecular flexibility index (Phi) is 5.68. The highest BCUT2D eigenvalue weighted by Gasteiger charge is 2.59. The maximum Gasteiger partial charge on any atom is 0.338 e. The van der Waals surface area contributed by atoms with Crippen molar-refractivity contribution in [2.45, 2.75) is 37.5 Å². The molecule has 2 aliphatic rings. The van der Waals surface area contributed by atoms with E-state index in [2.05, 4.69) is 54.6 Å². The summed E-state index contributed by atoms with van der Waals surface area (Å²) in [5.41, 5.74) is 7.18. The molecule has 4 nitrogen and oxygen atoms in total. The van der Waals surface area contributed by atoms with Crippen LogP contribution in [0, 0.1) is 6.92 Å². The number of benzene rings is 3.